The number of nitrogens with zero attached hydrogens (tertiary/aromatic N) is 2. The van der Waals surface area contributed by atoms with Gasteiger partial charge in [0, 0.05) is 12.5 Å². The van der Waals surface area contributed by atoms with Gasteiger partial charge in [-0.2, -0.15) is 0 Å². The molecular formula is C31H52N6O6. The number of hydrogen-bond acceptors (Lipinski definition) is 7. The number of nitrogens with two attached hydrogens (primary N) is 1. The summed E-state index contributed by atoms with van der Waals surface area (Å²) in [6.07, 6.45) is 4.77. The maximum atomic E-state index is 14.2. The predicted octanol–water partition coefficient (Wildman–Crippen LogP) is 2.35. The first-order valence-electron chi connectivity index (χ1n) is 15.7. The molecule has 242 valence electrons. The average molecular weight is 605 g/mol. The molecular weight excluding hydrogens is 552 g/mol. The minimum absolute atomic E-state index is 0.0363. The van der Waals surface area contributed by atoms with Gasteiger partial charge < -0.3 is 31.4 Å². The summed E-state index contributed by atoms with van der Waals surface area (Å²) in [6.45, 7) is 13.9. The Morgan fingerprint density at radius 3 is 2.05 bits per heavy atom. The largest absolute Gasteiger partial charge is 0.399 e. The first-order valence-corrected chi connectivity index (χ1v) is 15.7. The van der Waals surface area contributed by atoms with E-state index in [1.54, 1.807) is 0 Å². The molecule has 3 rings (SSSR count). The number of likely N-dealkylation sites (tertiary alicyclic amines) is 1. The molecule has 0 radical (unpaired) electrons. The highest BCUT2D eigenvalue weighted by atomic mass is 16.6. The SMILES string of the molecule is CO/N=C(\C1CC1)[C@@H](NC(=O)N[C@H](C(=O)N1CC[C@H](C(C)C)[C@H]1C(=O)NC(CC1CC1)C(=O)C(N)=O)C(C)(C)C)C(C)C. The molecule has 12 nitrogen and oxygen atoms in total. The molecule has 0 aromatic carbocycles. The first-order chi connectivity index (χ1) is 20.1. The van der Waals surface area contributed by atoms with Gasteiger partial charge >= 0.3 is 6.03 Å². The van der Waals surface area contributed by atoms with Crippen LogP contribution in [0.5, 0.6) is 0 Å². The van der Waals surface area contributed by atoms with E-state index in [-0.39, 0.29) is 41.5 Å². The van der Waals surface area contributed by atoms with Crippen LogP contribution >= 0.6 is 0 Å². The van der Waals surface area contributed by atoms with Gasteiger partial charge in [-0.3, -0.25) is 19.2 Å². The monoisotopic (exact) mass is 604 g/mol. The highest BCUT2D eigenvalue weighted by Crippen LogP contribution is 2.36. The van der Waals surface area contributed by atoms with Crippen molar-refractivity contribution in [3.05, 3.63) is 0 Å². The van der Waals surface area contributed by atoms with Crippen molar-refractivity contribution in [1.82, 2.24) is 20.9 Å². The highest BCUT2D eigenvalue weighted by Gasteiger charge is 2.48. The van der Waals surface area contributed by atoms with E-state index < -0.39 is 47.2 Å². The molecule has 0 aromatic heterocycles. The van der Waals surface area contributed by atoms with Gasteiger partial charge in [0.15, 0.2) is 0 Å². The second kappa shape index (κ2) is 14.1. The number of amides is 5. The van der Waals surface area contributed by atoms with Crippen LogP contribution in [0.4, 0.5) is 4.79 Å². The number of oxime groups is 1. The summed E-state index contributed by atoms with van der Waals surface area (Å²) < 4.78 is 0. The third kappa shape index (κ3) is 8.92. The van der Waals surface area contributed by atoms with Crippen LogP contribution in [0.15, 0.2) is 5.16 Å². The Bertz CT molecular complexity index is 1090. The van der Waals surface area contributed by atoms with E-state index in [9.17, 15) is 24.0 Å². The topological polar surface area (TPSA) is 172 Å². The van der Waals surface area contributed by atoms with Crippen LogP contribution in [-0.2, 0) is 24.0 Å². The van der Waals surface area contributed by atoms with Crippen molar-refractivity contribution in [2.24, 2.45) is 45.9 Å². The van der Waals surface area contributed by atoms with Crippen molar-refractivity contribution in [2.45, 2.75) is 111 Å². The molecule has 12 heteroatoms. The fourth-order valence-electron chi connectivity index (χ4n) is 6.03. The molecule has 5 N–H and O–H groups in total. The highest BCUT2D eigenvalue weighted by molar-refractivity contribution is 6.37. The first kappa shape index (κ1) is 34.3. The van der Waals surface area contributed by atoms with Crippen molar-refractivity contribution in [3.8, 4) is 0 Å². The molecule has 0 spiro atoms. The predicted molar refractivity (Wildman–Crippen MR) is 163 cm³/mol. The van der Waals surface area contributed by atoms with Crippen molar-refractivity contribution in [3.63, 3.8) is 0 Å². The third-order valence-corrected chi connectivity index (χ3v) is 8.85. The van der Waals surface area contributed by atoms with Crippen LogP contribution in [0.3, 0.4) is 0 Å². The second-order valence-electron chi connectivity index (χ2n) is 14.3. The summed E-state index contributed by atoms with van der Waals surface area (Å²) in [5.41, 5.74) is 5.39. The van der Waals surface area contributed by atoms with Gasteiger partial charge in [0.25, 0.3) is 5.91 Å². The summed E-state index contributed by atoms with van der Waals surface area (Å²) in [5, 5.41) is 12.9. The Morgan fingerprint density at radius 1 is 0.953 bits per heavy atom. The Hall–Kier alpha value is -3.18. The summed E-state index contributed by atoms with van der Waals surface area (Å²) in [5.74, 6) is -2.32. The van der Waals surface area contributed by atoms with Crippen LogP contribution in [0.2, 0.25) is 0 Å². The number of urea groups is 1. The number of ketones is 1. The lowest BCUT2D eigenvalue weighted by molar-refractivity contribution is -0.144. The number of rotatable bonds is 14. The molecule has 1 saturated heterocycles. The second-order valence-corrected chi connectivity index (χ2v) is 14.3. The van der Waals surface area contributed by atoms with E-state index in [0.29, 0.717) is 19.4 Å². The normalized spacial score (nSPS) is 23.0. The molecule has 5 atom stereocenters. The van der Waals surface area contributed by atoms with E-state index in [1.807, 2.05) is 48.5 Å². The Balaban J connectivity index is 1.82. The molecule has 43 heavy (non-hydrogen) atoms. The fourth-order valence-corrected chi connectivity index (χ4v) is 6.03. The van der Waals surface area contributed by atoms with Crippen molar-refractivity contribution in [1.29, 1.82) is 0 Å². The molecule has 3 aliphatic rings. The van der Waals surface area contributed by atoms with E-state index >= 15 is 0 Å². The zero-order valence-corrected chi connectivity index (χ0v) is 27.1. The standard InChI is InChI=1S/C31H52N6O6/c1-16(2)20-13-14-37(24(20)28(40)33-21(15-18-9-10-18)25(38)27(32)39)29(41)26(31(5,6)7)35-30(42)34-22(17(3)4)23(36-43-8)19-11-12-19/h16-22,24,26H,9-15H2,1-8H3,(H2,32,39)(H,33,40)(H2,34,35,42)/b36-23+/t20-,21?,22+,24+,26-/m1/s1. The van der Waals surface area contributed by atoms with Gasteiger partial charge in [0.2, 0.25) is 17.6 Å². The summed E-state index contributed by atoms with van der Waals surface area (Å²) in [4.78, 5) is 72.3. The van der Waals surface area contributed by atoms with E-state index in [4.69, 9.17) is 10.6 Å². The van der Waals surface area contributed by atoms with Gasteiger partial charge in [-0.05, 0) is 54.8 Å². The third-order valence-electron chi connectivity index (χ3n) is 8.85. The summed E-state index contributed by atoms with van der Waals surface area (Å²) in [6, 6.07) is -3.70. The van der Waals surface area contributed by atoms with E-state index in [2.05, 4.69) is 21.1 Å². The lowest BCUT2D eigenvalue weighted by atomic mass is 9.84. The van der Waals surface area contributed by atoms with Crippen LogP contribution in [0, 0.1) is 35.0 Å². The van der Waals surface area contributed by atoms with Crippen molar-refractivity contribution >= 4 is 35.2 Å². The lowest BCUT2D eigenvalue weighted by Gasteiger charge is -2.37. The molecule has 1 aliphatic heterocycles. The molecule has 1 unspecified atom stereocenters. The van der Waals surface area contributed by atoms with Gasteiger partial charge in [0.05, 0.1) is 17.8 Å². The Kier molecular flexibility index (Phi) is 11.2. The minimum atomic E-state index is -1.09. The van der Waals surface area contributed by atoms with E-state index in [1.165, 1.54) is 12.0 Å². The maximum Gasteiger partial charge on any atom is 0.315 e. The van der Waals surface area contributed by atoms with Gasteiger partial charge in [0.1, 0.15) is 19.2 Å². The lowest BCUT2D eigenvalue weighted by Crippen LogP contribution is -2.62. The average Bonchev–Trinajstić information content (AvgIpc) is 3.85. The van der Waals surface area contributed by atoms with E-state index in [0.717, 1.165) is 31.4 Å². The molecule has 1 heterocycles. The van der Waals surface area contributed by atoms with Crippen LogP contribution in [0.1, 0.15) is 87.0 Å². The van der Waals surface area contributed by atoms with Gasteiger partial charge in [-0.15, -0.1) is 0 Å². The molecule has 5 amide bonds. The van der Waals surface area contributed by atoms with Crippen LogP contribution in [-0.4, -0.2) is 78.0 Å². The van der Waals surface area contributed by atoms with Crippen LogP contribution in [0.25, 0.3) is 0 Å². The van der Waals surface area contributed by atoms with Crippen molar-refractivity contribution in [2.75, 3.05) is 13.7 Å². The molecule has 0 bridgehead atoms. The molecule has 3 fully saturated rings. The fraction of sp³-hybridized carbons (Fsp3) is 0.806. The molecule has 0 aromatic rings. The maximum absolute atomic E-state index is 14.2. The Labute approximate surface area is 255 Å². The number of hydrogen-bond donors (Lipinski definition) is 4. The van der Waals surface area contributed by atoms with Gasteiger partial charge in [-0.1, -0.05) is 66.5 Å². The quantitative estimate of drug-likeness (QED) is 0.135. The number of Topliss-reactive ketones (excluding diaryl/α,β-unsaturated/α-hetero) is 1. The molecule has 2 saturated carbocycles. The van der Waals surface area contributed by atoms with Crippen LogP contribution < -0.4 is 21.7 Å². The smallest absolute Gasteiger partial charge is 0.315 e. The number of nitrogens with one attached hydrogen (secondary N) is 3. The number of primary amides is 1. The summed E-state index contributed by atoms with van der Waals surface area (Å²) >= 11 is 0. The number of carbonyl (C=O) groups is 5. The van der Waals surface area contributed by atoms with Gasteiger partial charge in [-0.25, -0.2) is 4.79 Å². The zero-order valence-electron chi connectivity index (χ0n) is 27.1. The summed E-state index contributed by atoms with van der Waals surface area (Å²) in [7, 11) is 1.49. The molecule has 2 aliphatic carbocycles. The van der Waals surface area contributed by atoms with Crippen molar-refractivity contribution < 1.29 is 28.8 Å². The Morgan fingerprint density at radius 2 is 1.58 bits per heavy atom. The number of carbonyl (C=O) groups excluding carboxylic acids is 5. The zero-order chi connectivity index (χ0) is 32.2. The minimum Gasteiger partial charge on any atom is -0.399 e.